The average Bonchev–Trinajstić information content (AvgIpc) is 3.69. The second kappa shape index (κ2) is 14.0. The van der Waals surface area contributed by atoms with E-state index in [9.17, 15) is 28.5 Å². The largest absolute Gasteiger partial charge is 0.477 e. The molecule has 13 nitrogen and oxygen atoms in total. The molecule has 16 heteroatoms. The number of likely N-dealkylation sites (N-methyl/N-ethyl adjacent to an activating group) is 1. The van der Waals surface area contributed by atoms with Crippen LogP contribution in [0.5, 0.6) is 0 Å². The number of carboxylic acids is 1. The van der Waals surface area contributed by atoms with Crippen molar-refractivity contribution in [3.05, 3.63) is 82.6 Å². The van der Waals surface area contributed by atoms with E-state index in [-0.39, 0.29) is 36.2 Å². The number of carboxylic acid groups (broad SMARTS) is 1. The van der Waals surface area contributed by atoms with E-state index >= 15 is 4.39 Å². The zero-order valence-corrected chi connectivity index (χ0v) is 29.2. The highest BCUT2D eigenvalue weighted by Crippen LogP contribution is 2.50. The molecule has 6 heterocycles. The summed E-state index contributed by atoms with van der Waals surface area (Å²) in [4.78, 5) is 44.6. The van der Waals surface area contributed by atoms with Crippen molar-refractivity contribution in [2.45, 2.75) is 53.0 Å². The molecule has 274 valence electrons. The number of nitrogens with one attached hydrogen (secondary N) is 1. The molecule has 51 heavy (non-hydrogen) atoms. The van der Waals surface area contributed by atoms with Crippen LogP contribution in [-0.2, 0) is 20.3 Å². The number of phosphoric acid groups is 1. The third-order valence-corrected chi connectivity index (χ3v) is 10.1. The van der Waals surface area contributed by atoms with Crippen molar-refractivity contribution in [1.29, 1.82) is 0 Å². The van der Waals surface area contributed by atoms with Gasteiger partial charge in [-0.15, -0.1) is 0 Å². The summed E-state index contributed by atoms with van der Waals surface area (Å²) < 4.78 is 57.3. The van der Waals surface area contributed by atoms with E-state index in [1.54, 1.807) is 39.1 Å². The zero-order chi connectivity index (χ0) is 36.3. The minimum absolute atomic E-state index is 0. The Hall–Kier alpha value is -4.40. The maximum Gasteiger partial charge on any atom is 0.474 e. The van der Waals surface area contributed by atoms with Crippen LogP contribution in [0.3, 0.4) is 0 Å². The highest BCUT2D eigenvalue weighted by atomic mass is 31.2. The van der Waals surface area contributed by atoms with E-state index in [2.05, 4.69) is 26.7 Å². The van der Waals surface area contributed by atoms with Gasteiger partial charge in [-0.1, -0.05) is 20.1 Å². The number of pyridine rings is 3. The van der Waals surface area contributed by atoms with E-state index in [0.717, 1.165) is 19.0 Å². The molecule has 0 aliphatic carbocycles. The molecular formula is C35H43F2N6O7P. The normalized spacial score (nSPS) is 19.3. The van der Waals surface area contributed by atoms with E-state index in [0.29, 0.717) is 41.3 Å². The van der Waals surface area contributed by atoms with Gasteiger partial charge in [0.05, 0.1) is 22.5 Å². The molecule has 4 aliphatic heterocycles. The Labute approximate surface area is 294 Å². The Balaban J connectivity index is 0.00000504. The predicted octanol–water partition coefficient (Wildman–Crippen LogP) is 5.81. The number of likely N-dealkylation sites (tertiary alicyclic amines) is 1. The number of halogens is 2. The number of aromatic carboxylic acids is 1. The smallest absolute Gasteiger partial charge is 0.474 e. The van der Waals surface area contributed by atoms with Gasteiger partial charge in [0.1, 0.15) is 29.6 Å². The highest BCUT2D eigenvalue weighted by molar-refractivity contribution is 7.47. The lowest BCUT2D eigenvalue weighted by molar-refractivity contribution is 0.0486. The molecule has 2 aromatic rings. The van der Waals surface area contributed by atoms with E-state index in [1.165, 1.54) is 34.3 Å². The molecule has 0 bridgehead atoms. The van der Waals surface area contributed by atoms with Crippen molar-refractivity contribution in [3.8, 4) is 22.5 Å². The molecule has 3 atom stereocenters. The van der Waals surface area contributed by atoms with Gasteiger partial charge in [-0.2, -0.15) is 0 Å². The predicted molar refractivity (Wildman–Crippen MR) is 191 cm³/mol. The summed E-state index contributed by atoms with van der Waals surface area (Å²) >= 11 is 0. The van der Waals surface area contributed by atoms with Crippen molar-refractivity contribution in [2.75, 3.05) is 38.6 Å². The number of hydrogen-bond acceptors (Lipinski definition) is 9. The summed E-state index contributed by atoms with van der Waals surface area (Å²) in [5.74, 6) is -2.67. The lowest BCUT2D eigenvalue weighted by Gasteiger charge is -2.32. The number of phosphoric ester groups is 1. The number of rotatable bonds is 10. The van der Waals surface area contributed by atoms with Crippen LogP contribution in [0, 0.1) is 11.7 Å². The number of hydrogen-bond donors (Lipinski definition) is 3. The van der Waals surface area contributed by atoms with Crippen molar-refractivity contribution < 1.29 is 37.2 Å². The van der Waals surface area contributed by atoms with Crippen LogP contribution in [-0.4, -0.2) is 80.2 Å². The second-order valence-electron chi connectivity index (χ2n) is 13.6. The van der Waals surface area contributed by atoms with Gasteiger partial charge in [0.25, 0.3) is 5.56 Å². The second-order valence-corrected chi connectivity index (χ2v) is 15.0. The summed E-state index contributed by atoms with van der Waals surface area (Å²) in [5, 5.41) is 12.4. The Bertz CT molecular complexity index is 2120. The van der Waals surface area contributed by atoms with Crippen LogP contribution in [0.15, 0.2) is 59.9 Å². The number of nitrogens with zero attached hydrogens (tertiary/aromatic N) is 5. The third-order valence-electron chi connectivity index (χ3n) is 8.90. The molecule has 2 fully saturated rings. The molecule has 0 aromatic carbocycles. The number of aromatic nitrogens is 3. The Morgan fingerprint density at radius 3 is 2.57 bits per heavy atom. The van der Waals surface area contributed by atoms with Crippen LogP contribution in [0.25, 0.3) is 33.7 Å². The fraction of sp³-hybridized carbons (Fsp3) is 0.400. The molecule has 0 spiro atoms. The van der Waals surface area contributed by atoms with Gasteiger partial charge in [-0.25, -0.2) is 23.1 Å². The summed E-state index contributed by atoms with van der Waals surface area (Å²) in [6.07, 6.45) is 4.91. The zero-order valence-electron chi connectivity index (χ0n) is 28.3. The molecule has 0 saturated carbocycles. The van der Waals surface area contributed by atoms with E-state index in [4.69, 9.17) is 9.05 Å². The Morgan fingerprint density at radius 2 is 1.92 bits per heavy atom. The minimum atomic E-state index is -4.65. The van der Waals surface area contributed by atoms with Crippen molar-refractivity contribution in [2.24, 2.45) is 5.92 Å². The topological polar surface area (TPSA) is 151 Å². The maximum atomic E-state index is 17.0. The van der Waals surface area contributed by atoms with Crippen molar-refractivity contribution >= 4 is 30.7 Å². The standard InChI is InChI=1S/C34H39F2N6O7P.CH4/c1-19(35)13-25(37-5)29-28(36)27-30(41-12-11-21-14-39(6)17-26(21)41)24(16-40(31(27)38-29)18-48-50(46,47)49-34(2,3)4)20-7-8-22-9-10-23(33(44)45)32(43)42(22)15-20;/h7-10,13,15-16,21,26,37H,1,11-12,14,17-18H2,2-6H3,(H,44,45)(H,46,47);1H4/b25-13+;/t21-,26?;/m0./s1. The van der Waals surface area contributed by atoms with Crippen LogP contribution in [0.1, 0.15) is 50.7 Å². The van der Waals surface area contributed by atoms with Gasteiger partial charge in [0.15, 0.2) is 5.82 Å². The third kappa shape index (κ3) is 7.35. The lowest BCUT2D eigenvalue weighted by Crippen LogP contribution is -2.35. The number of fused-ring (bicyclic) bond motifs is 3. The molecule has 0 radical (unpaired) electrons. The first-order valence-electron chi connectivity index (χ1n) is 16.0. The number of allylic oxidation sites excluding steroid dienone is 2. The van der Waals surface area contributed by atoms with Gasteiger partial charge >= 0.3 is 13.8 Å². The first kappa shape index (κ1) is 37.8. The molecule has 2 saturated heterocycles. The van der Waals surface area contributed by atoms with Gasteiger partial charge in [-0.05, 0) is 64.4 Å². The summed E-state index contributed by atoms with van der Waals surface area (Å²) in [6, 6.07) is 6.11. The molecule has 0 amide bonds. The molecule has 2 aromatic heterocycles. The molecule has 3 N–H and O–H groups in total. The van der Waals surface area contributed by atoms with Gasteiger partial charge in [0, 0.05) is 61.8 Å². The van der Waals surface area contributed by atoms with Crippen molar-refractivity contribution in [1.82, 2.24) is 24.2 Å². The van der Waals surface area contributed by atoms with Gasteiger partial charge in [0.2, 0.25) is 0 Å². The fourth-order valence-electron chi connectivity index (χ4n) is 6.93. The minimum Gasteiger partial charge on any atom is -0.477 e. The average molecular weight is 729 g/mol. The first-order valence-corrected chi connectivity index (χ1v) is 17.5. The molecule has 6 rings (SSSR count). The summed E-state index contributed by atoms with van der Waals surface area (Å²) in [5.41, 5.74) is -0.671. The van der Waals surface area contributed by atoms with E-state index in [1.807, 2.05) is 7.05 Å². The monoisotopic (exact) mass is 728 g/mol. The SMILES string of the molecule is C.C=C(F)/C=C(/NC)c1nc2n(COP(=O)(O)OC(C)(C)C)cc(-c3ccc4ccc(C(=O)O)c(=O)n4c3)c(N3CC[C@H]4CN(C)CC43)c-2c1F. The molecule has 4 aliphatic rings. The molecular weight excluding hydrogens is 685 g/mol. The van der Waals surface area contributed by atoms with Gasteiger partial charge < -0.3 is 29.7 Å². The van der Waals surface area contributed by atoms with Crippen LogP contribution in [0.2, 0.25) is 0 Å². The quantitative estimate of drug-likeness (QED) is 0.134. The van der Waals surface area contributed by atoms with Crippen LogP contribution < -0.4 is 15.8 Å². The fourth-order valence-corrected chi connectivity index (χ4v) is 7.95. The van der Waals surface area contributed by atoms with Crippen LogP contribution in [0.4, 0.5) is 14.5 Å². The highest BCUT2D eigenvalue weighted by Gasteiger charge is 2.43. The Kier molecular flexibility index (Phi) is 10.4. The molecule has 2 unspecified atom stereocenters. The summed E-state index contributed by atoms with van der Waals surface area (Å²) in [6.45, 7) is 9.55. The lowest BCUT2D eigenvalue weighted by atomic mass is 9.99. The maximum absolute atomic E-state index is 17.0. The van der Waals surface area contributed by atoms with Gasteiger partial charge in [-0.3, -0.25) is 18.2 Å². The number of carbonyl (C=O) groups is 1. The van der Waals surface area contributed by atoms with Crippen molar-refractivity contribution in [3.63, 3.8) is 0 Å². The van der Waals surface area contributed by atoms with Crippen LogP contribution >= 0.6 is 7.82 Å². The number of anilines is 1. The summed E-state index contributed by atoms with van der Waals surface area (Å²) in [7, 11) is -1.14. The van der Waals surface area contributed by atoms with E-state index < -0.39 is 48.9 Å². The Morgan fingerprint density at radius 1 is 1.22 bits per heavy atom. The first-order chi connectivity index (χ1) is 23.5.